The van der Waals surface area contributed by atoms with E-state index in [-0.39, 0.29) is 34.8 Å². The minimum absolute atomic E-state index is 0.0164. The van der Waals surface area contributed by atoms with Gasteiger partial charge in [-0.1, -0.05) is 46.8 Å². The summed E-state index contributed by atoms with van der Waals surface area (Å²) in [6.45, 7) is 13.8. The fourth-order valence-corrected chi connectivity index (χ4v) is 7.04. The van der Waals surface area contributed by atoms with Crippen LogP contribution in [0.5, 0.6) is 0 Å². The van der Waals surface area contributed by atoms with Gasteiger partial charge < -0.3 is 19.8 Å². The molecular formula is C33H48N4O4. The van der Waals surface area contributed by atoms with Crippen LogP contribution in [-0.2, 0) is 9.59 Å². The highest BCUT2D eigenvalue weighted by Crippen LogP contribution is 2.50. The number of carbonyl (C=O) groups excluding carboxylic acids is 2. The van der Waals surface area contributed by atoms with Crippen LogP contribution in [-0.4, -0.2) is 75.3 Å². The second-order valence-corrected chi connectivity index (χ2v) is 14.2. The Morgan fingerprint density at radius 2 is 1.59 bits per heavy atom. The lowest BCUT2D eigenvalue weighted by atomic mass is 9.69. The van der Waals surface area contributed by atoms with Crippen molar-refractivity contribution < 1.29 is 19.5 Å². The molecule has 0 unspecified atom stereocenters. The first-order valence-corrected chi connectivity index (χ1v) is 15.7. The third-order valence-electron chi connectivity index (χ3n) is 9.87. The molecule has 2 heterocycles. The molecule has 2 saturated carbocycles. The number of aliphatic imine (C=N–C) groups is 1. The molecule has 1 N–H and O–H groups in total. The molecule has 3 fully saturated rings. The highest BCUT2D eigenvalue weighted by atomic mass is 16.4. The van der Waals surface area contributed by atoms with Crippen molar-refractivity contribution in [1.29, 1.82) is 0 Å². The van der Waals surface area contributed by atoms with Gasteiger partial charge in [-0.2, -0.15) is 0 Å². The lowest BCUT2D eigenvalue weighted by Crippen LogP contribution is -2.54. The van der Waals surface area contributed by atoms with Gasteiger partial charge in [-0.25, -0.2) is 9.79 Å². The number of hydrogen-bond acceptors (Lipinski definition) is 5. The van der Waals surface area contributed by atoms with Gasteiger partial charge in [0, 0.05) is 32.1 Å². The van der Waals surface area contributed by atoms with Crippen LogP contribution in [0.2, 0.25) is 0 Å². The largest absolute Gasteiger partial charge is 0.478 e. The first-order chi connectivity index (χ1) is 19.4. The van der Waals surface area contributed by atoms with Crippen LogP contribution < -0.4 is 0 Å². The van der Waals surface area contributed by atoms with E-state index in [1.807, 2.05) is 17.0 Å². The zero-order valence-electron chi connectivity index (χ0n) is 25.6. The number of carboxylic acid groups (broad SMARTS) is 1. The van der Waals surface area contributed by atoms with E-state index in [2.05, 4.69) is 44.4 Å². The number of amidine groups is 1. The summed E-state index contributed by atoms with van der Waals surface area (Å²) in [7, 11) is 0. The normalized spacial score (nSPS) is 26.1. The SMILES string of the molecule is CC(C)CC[C@H](c1ccc(C(=O)O)cc1)N1C(=O)C(N2CCN(C(=O)C3CC3)CC2)=NC12CCC(C(C)(C)C)CC2. The van der Waals surface area contributed by atoms with Crippen molar-refractivity contribution in [2.75, 3.05) is 26.2 Å². The summed E-state index contributed by atoms with van der Waals surface area (Å²) < 4.78 is 0. The molecule has 8 heteroatoms. The van der Waals surface area contributed by atoms with E-state index in [1.165, 1.54) is 0 Å². The van der Waals surface area contributed by atoms with Crippen LogP contribution in [0.15, 0.2) is 29.3 Å². The standard InChI is InChI=1S/C33H48N4O4/c1-22(2)6-13-27(23-7-11-25(12-8-23)31(40)41)37-30(39)28(34-33(37)16-14-26(15-17-33)32(3,4)5)35-18-20-36(21-19-35)29(38)24-9-10-24/h7-8,11-12,22,24,26-27H,6,9-10,13-21H2,1-5H3,(H,40,41)/t26?,27-,33?/m1/s1. The van der Waals surface area contributed by atoms with Crippen molar-refractivity contribution >= 4 is 23.6 Å². The average Bonchev–Trinajstić information content (AvgIpc) is 3.75. The van der Waals surface area contributed by atoms with Crippen molar-refractivity contribution in [3.8, 4) is 0 Å². The molecule has 5 rings (SSSR count). The second kappa shape index (κ2) is 11.4. The molecule has 2 aliphatic heterocycles. The molecule has 4 aliphatic rings. The van der Waals surface area contributed by atoms with Gasteiger partial charge in [0.2, 0.25) is 5.91 Å². The van der Waals surface area contributed by atoms with Gasteiger partial charge in [0.25, 0.3) is 5.91 Å². The number of aromatic carboxylic acids is 1. The molecular weight excluding hydrogens is 516 g/mol. The molecule has 41 heavy (non-hydrogen) atoms. The molecule has 0 aromatic heterocycles. The first kappa shape index (κ1) is 29.6. The van der Waals surface area contributed by atoms with Gasteiger partial charge in [0.15, 0.2) is 5.84 Å². The van der Waals surface area contributed by atoms with Crippen molar-refractivity contribution in [3.05, 3.63) is 35.4 Å². The fraction of sp³-hybridized carbons (Fsp3) is 0.697. The summed E-state index contributed by atoms with van der Waals surface area (Å²) in [6, 6.07) is 6.90. The van der Waals surface area contributed by atoms with E-state index in [0.29, 0.717) is 43.9 Å². The summed E-state index contributed by atoms with van der Waals surface area (Å²) in [5, 5.41) is 9.49. The molecule has 1 aromatic rings. The number of amides is 2. The van der Waals surface area contributed by atoms with E-state index in [1.54, 1.807) is 12.1 Å². The molecule has 224 valence electrons. The Balaban J connectivity index is 1.46. The van der Waals surface area contributed by atoms with Crippen LogP contribution in [0.3, 0.4) is 0 Å². The van der Waals surface area contributed by atoms with Gasteiger partial charge in [0.1, 0.15) is 5.66 Å². The molecule has 1 saturated heterocycles. The van der Waals surface area contributed by atoms with Gasteiger partial charge >= 0.3 is 5.97 Å². The van der Waals surface area contributed by atoms with Gasteiger partial charge in [-0.05, 0) is 86.3 Å². The van der Waals surface area contributed by atoms with Crippen LogP contribution in [0.1, 0.15) is 108 Å². The summed E-state index contributed by atoms with van der Waals surface area (Å²) in [5.74, 6) is 1.10. The monoisotopic (exact) mass is 564 g/mol. The Morgan fingerprint density at radius 3 is 2.10 bits per heavy atom. The fourth-order valence-electron chi connectivity index (χ4n) is 7.04. The Kier molecular flexibility index (Phi) is 8.23. The van der Waals surface area contributed by atoms with E-state index in [4.69, 9.17) is 4.99 Å². The number of nitrogens with zero attached hydrogens (tertiary/aromatic N) is 4. The molecule has 0 bridgehead atoms. The molecule has 2 amide bonds. The molecule has 0 radical (unpaired) electrons. The first-order valence-electron chi connectivity index (χ1n) is 15.7. The van der Waals surface area contributed by atoms with Crippen LogP contribution >= 0.6 is 0 Å². The summed E-state index contributed by atoms with van der Waals surface area (Å²) in [5.41, 5.74) is 0.829. The molecule has 1 aromatic carbocycles. The number of rotatable bonds is 7. The Labute approximate surface area is 245 Å². The number of carboxylic acids is 1. The summed E-state index contributed by atoms with van der Waals surface area (Å²) >= 11 is 0. The van der Waals surface area contributed by atoms with Crippen molar-refractivity contribution in [3.63, 3.8) is 0 Å². The highest BCUT2D eigenvalue weighted by Gasteiger charge is 2.53. The van der Waals surface area contributed by atoms with E-state index in [9.17, 15) is 19.5 Å². The van der Waals surface area contributed by atoms with E-state index < -0.39 is 11.6 Å². The summed E-state index contributed by atoms with van der Waals surface area (Å²) in [6.07, 6.45) is 7.45. The molecule has 2 aliphatic carbocycles. The average molecular weight is 565 g/mol. The minimum Gasteiger partial charge on any atom is -0.478 e. The molecule has 1 atom stereocenters. The van der Waals surface area contributed by atoms with Crippen LogP contribution in [0.25, 0.3) is 0 Å². The lowest BCUT2D eigenvalue weighted by molar-refractivity contribution is -0.134. The predicted octanol–water partition coefficient (Wildman–Crippen LogP) is 5.59. The second-order valence-electron chi connectivity index (χ2n) is 14.2. The topological polar surface area (TPSA) is 93.5 Å². The highest BCUT2D eigenvalue weighted by molar-refractivity contribution is 6.39. The van der Waals surface area contributed by atoms with E-state index in [0.717, 1.165) is 56.9 Å². The van der Waals surface area contributed by atoms with Gasteiger partial charge in [-0.15, -0.1) is 0 Å². The maximum Gasteiger partial charge on any atom is 0.335 e. The van der Waals surface area contributed by atoms with Crippen molar-refractivity contribution in [1.82, 2.24) is 14.7 Å². The quantitative estimate of drug-likeness (QED) is 0.466. The lowest BCUT2D eigenvalue weighted by Gasteiger charge is -2.47. The zero-order valence-corrected chi connectivity index (χ0v) is 25.6. The Morgan fingerprint density at radius 1 is 0.976 bits per heavy atom. The maximum atomic E-state index is 14.5. The zero-order chi connectivity index (χ0) is 29.5. The Bertz CT molecular complexity index is 1160. The predicted molar refractivity (Wildman–Crippen MR) is 160 cm³/mol. The minimum atomic E-state index is -0.950. The third kappa shape index (κ3) is 6.17. The van der Waals surface area contributed by atoms with E-state index >= 15 is 0 Å². The number of carbonyl (C=O) groups is 3. The number of hydrogen-bond donors (Lipinski definition) is 1. The smallest absolute Gasteiger partial charge is 0.335 e. The molecule has 8 nitrogen and oxygen atoms in total. The third-order valence-corrected chi connectivity index (χ3v) is 9.87. The van der Waals surface area contributed by atoms with Gasteiger partial charge in [-0.3, -0.25) is 9.59 Å². The number of benzene rings is 1. The number of piperazine rings is 1. The maximum absolute atomic E-state index is 14.5. The Hall–Kier alpha value is -2.90. The van der Waals surface area contributed by atoms with Crippen molar-refractivity contribution in [2.24, 2.45) is 28.2 Å². The summed E-state index contributed by atoms with van der Waals surface area (Å²) in [4.78, 5) is 50.2. The molecule has 1 spiro atoms. The van der Waals surface area contributed by atoms with Crippen molar-refractivity contribution in [2.45, 2.75) is 97.7 Å². The van der Waals surface area contributed by atoms with Crippen LogP contribution in [0.4, 0.5) is 0 Å². The van der Waals surface area contributed by atoms with Gasteiger partial charge in [0.05, 0.1) is 11.6 Å². The van der Waals surface area contributed by atoms with Crippen LogP contribution in [0, 0.1) is 23.2 Å².